The Morgan fingerprint density at radius 2 is 2.17 bits per heavy atom. The summed E-state index contributed by atoms with van der Waals surface area (Å²) >= 11 is 0. The van der Waals surface area contributed by atoms with Crippen LogP contribution in [0, 0.1) is 6.92 Å². The van der Waals surface area contributed by atoms with Crippen LogP contribution in [0.3, 0.4) is 0 Å². The van der Waals surface area contributed by atoms with E-state index in [0.29, 0.717) is 5.82 Å². The summed E-state index contributed by atoms with van der Waals surface area (Å²) in [6.45, 7) is 1.96. The molecule has 0 aliphatic rings. The van der Waals surface area contributed by atoms with Crippen molar-refractivity contribution in [3.8, 4) is 5.75 Å². The van der Waals surface area contributed by atoms with E-state index in [4.69, 9.17) is 4.74 Å². The minimum atomic E-state index is -0.0513. The zero-order chi connectivity index (χ0) is 13.0. The highest BCUT2D eigenvalue weighted by molar-refractivity contribution is 5.66. The van der Waals surface area contributed by atoms with Gasteiger partial charge in [0.05, 0.1) is 19.4 Å². The van der Waals surface area contributed by atoms with Gasteiger partial charge < -0.3 is 15.2 Å². The van der Waals surface area contributed by atoms with Crippen molar-refractivity contribution >= 4 is 11.5 Å². The van der Waals surface area contributed by atoms with Gasteiger partial charge >= 0.3 is 0 Å². The van der Waals surface area contributed by atoms with E-state index in [1.54, 1.807) is 19.4 Å². The fourth-order valence-electron chi connectivity index (χ4n) is 1.73. The van der Waals surface area contributed by atoms with Crippen LogP contribution in [-0.2, 0) is 6.61 Å². The van der Waals surface area contributed by atoms with Crippen molar-refractivity contribution < 1.29 is 9.84 Å². The molecule has 0 spiro atoms. The molecule has 2 aromatic rings. The van der Waals surface area contributed by atoms with Crippen LogP contribution in [0.25, 0.3) is 0 Å². The van der Waals surface area contributed by atoms with E-state index in [9.17, 15) is 5.11 Å². The van der Waals surface area contributed by atoms with Crippen molar-refractivity contribution in [3.63, 3.8) is 0 Å². The molecule has 0 atom stereocenters. The number of methoxy groups -OCH3 is 1. The molecule has 94 valence electrons. The molecule has 0 radical (unpaired) electrons. The van der Waals surface area contributed by atoms with Gasteiger partial charge in [0.25, 0.3) is 0 Å². The lowest BCUT2D eigenvalue weighted by Gasteiger charge is -2.13. The predicted octanol–water partition coefficient (Wildman–Crippen LogP) is 2.63. The summed E-state index contributed by atoms with van der Waals surface area (Å²) in [5, 5.41) is 12.5. The van der Waals surface area contributed by atoms with Crippen LogP contribution in [-0.4, -0.2) is 17.2 Å². The Morgan fingerprint density at radius 3 is 2.89 bits per heavy atom. The minimum Gasteiger partial charge on any atom is -0.495 e. The standard InChI is InChI=1S/C14H16N2O2/c1-10-5-6-13(18-2)12(8-10)16-14-11(9-17)4-3-7-15-14/h3-8,17H,9H2,1-2H3,(H,15,16). The summed E-state index contributed by atoms with van der Waals surface area (Å²) < 4.78 is 5.29. The normalized spacial score (nSPS) is 10.2. The average Bonchev–Trinajstić information content (AvgIpc) is 2.40. The highest BCUT2D eigenvalue weighted by Gasteiger charge is 2.07. The van der Waals surface area contributed by atoms with Crippen molar-refractivity contribution in [2.75, 3.05) is 12.4 Å². The lowest BCUT2D eigenvalue weighted by molar-refractivity contribution is 0.282. The molecule has 18 heavy (non-hydrogen) atoms. The number of nitrogens with zero attached hydrogens (tertiary/aromatic N) is 1. The van der Waals surface area contributed by atoms with E-state index in [0.717, 1.165) is 22.6 Å². The molecule has 4 heteroatoms. The molecular weight excluding hydrogens is 228 g/mol. The maximum absolute atomic E-state index is 9.27. The van der Waals surface area contributed by atoms with Crippen LogP contribution in [0.4, 0.5) is 11.5 Å². The summed E-state index contributed by atoms with van der Waals surface area (Å²) in [5.74, 6) is 1.39. The van der Waals surface area contributed by atoms with Crippen LogP contribution in [0.1, 0.15) is 11.1 Å². The van der Waals surface area contributed by atoms with Gasteiger partial charge in [0.1, 0.15) is 11.6 Å². The van der Waals surface area contributed by atoms with Gasteiger partial charge in [-0.3, -0.25) is 0 Å². The molecule has 0 fully saturated rings. The summed E-state index contributed by atoms with van der Waals surface area (Å²) in [6.07, 6.45) is 1.68. The summed E-state index contributed by atoms with van der Waals surface area (Å²) in [6, 6.07) is 9.49. The molecule has 0 saturated carbocycles. The zero-order valence-electron chi connectivity index (χ0n) is 10.5. The molecule has 2 rings (SSSR count). The second-order valence-corrected chi connectivity index (χ2v) is 4.00. The molecule has 1 aromatic heterocycles. The summed E-state index contributed by atoms with van der Waals surface area (Å²) in [4.78, 5) is 4.22. The van der Waals surface area contributed by atoms with Crippen molar-refractivity contribution in [1.29, 1.82) is 0 Å². The van der Waals surface area contributed by atoms with E-state index < -0.39 is 0 Å². The quantitative estimate of drug-likeness (QED) is 0.868. The van der Waals surface area contributed by atoms with Crippen LogP contribution >= 0.6 is 0 Å². The first-order valence-corrected chi connectivity index (χ1v) is 5.71. The summed E-state index contributed by atoms with van der Waals surface area (Å²) in [5.41, 5.74) is 2.71. The topological polar surface area (TPSA) is 54.4 Å². The molecule has 0 bridgehead atoms. The van der Waals surface area contributed by atoms with Crippen molar-refractivity contribution in [2.45, 2.75) is 13.5 Å². The second-order valence-electron chi connectivity index (χ2n) is 4.00. The molecule has 4 nitrogen and oxygen atoms in total. The molecular formula is C14H16N2O2. The number of benzene rings is 1. The molecule has 0 aliphatic heterocycles. The molecule has 1 aromatic carbocycles. The molecule has 0 unspecified atom stereocenters. The Hall–Kier alpha value is -2.07. The van der Waals surface area contributed by atoms with E-state index in [2.05, 4.69) is 10.3 Å². The third kappa shape index (κ3) is 2.60. The van der Waals surface area contributed by atoms with E-state index in [-0.39, 0.29) is 6.61 Å². The number of aryl methyl sites for hydroxylation is 1. The third-order valence-electron chi connectivity index (χ3n) is 2.67. The van der Waals surface area contributed by atoms with Gasteiger partial charge in [0, 0.05) is 11.8 Å². The SMILES string of the molecule is COc1ccc(C)cc1Nc1ncccc1CO. The van der Waals surface area contributed by atoms with Crippen LogP contribution in [0.5, 0.6) is 5.75 Å². The fraction of sp³-hybridized carbons (Fsp3) is 0.214. The maximum Gasteiger partial charge on any atom is 0.142 e. The Kier molecular flexibility index (Phi) is 3.79. The summed E-state index contributed by atoms with van der Waals surface area (Å²) in [7, 11) is 1.63. The van der Waals surface area contributed by atoms with Gasteiger partial charge in [0.2, 0.25) is 0 Å². The number of hydrogen-bond donors (Lipinski definition) is 2. The zero-order valence-corrected chi connectivity index (χ0v) is 10.5. The first kappa shape index (κ1) is 12.4. The lowest BCUT2D eigenvalue weighted by Crippen LogP contribution is -2.00. The first-order chi connectivity index (χ1) is 8.74. The second kappa shape index (κ2) is 5.51. The number of rotatable bonds is 4. The van der Waals surface area contributed by atoms with E-state index >= 15 is 0 Å². The number of anilines is 2. The van der Waals surface area contributed by atoms with Crippen LogP contribution < -0.4 is 10.1 Å². The Morgan fingerprint density at radius 1 is 1.33 bits per heavy atom. The number of aliphatic hydroxyl groups is 1. The smallest absolute Gasteiger partial charge is 0.142 e. The van der Waals surface area contributed by atoms with Gasteiger partial charge in [0.15, 0.2) is 0 Å². The monoisotopic (exact) mass is 244 g/mol. The van der Waals surface area contributed by atoms with Crippen molar-refractivity contribution in [1.82, 2.24) is 4.98 Å². The van der Waals surface area contributed by atoms with Crippen molar-refractivity contribution in [3.05, 3.63) is 47.7 Å². The van der Waals surface area contributed by atoms with Gasteiger partial charge in [-0.15, -0.1) is 0 Å². The van der Waals surface area contributed by atoms with Gasteiger partial charge in [-0.05, 0) is 30.7 Å². The van der Waals surface area contributed by atoms with E-state index in [1.807, 2.05) is 31.2 Å². The van der Waals surface area contributed by atoms with Crippen LogP contribution in [0.15, 0.2) is 36.5 Å². The highest BCUT2D eigenvalue weighted by atomic mass is 16.5. The van der Waals surface area contributed by atoms with Gasteiger partial charge in [-0.1, -0.05) is 12.1 Å². The fourth-order valence-corrected chi connectivity index (χ4v) is 1.73. The predicted molar refractivity (Wildman–Crippen MR) is 71.2 cm³/mol. The first-order valence-electron chi connectivity index (χ1n) is 5.71. The number of hydrogen-bond acceptors (Lipinski definition) is 4. The number of nitrogens with one attached hydrogen (secondary N) is 1. The largest absolute Gasteiger partial charge is 0.495 e. The Labute approximate surface area is 106 Å². The highest BCUT2D eigenvalue weighted by Crippen LogP contribution is 2.28. The number of aliphatic hydroxyl groups excluding tert-OH is 1. The number of ether oxygens (including phenoxy) is 1. The molecule has 0 aliphatic carbocycles. The van der Waals surface area contributed by atoms with Gasteiger partial charge in [-0.2, -0.15) is 0 Å². The minimum absolute atomic E-state index is 0.0513. The van der Waals surface area contributed by atoms with Crippen LogP contribution in [0.2, 0.25) is 0 Å². The third-order valence-corrected chi connectivity index (χ3v) is 2.67. The molecule has 2 N–H and O–H groups in total. The number of aromatic nitrogens is 1. The average molecular weight is 244 g/mol. The van der Waals surface area contributed by atoms with Crippen molar-refractivity contribution in [2.24, 2.45) is 0 Å². The number of pyridine rings is 1. The maximum atomic E-state index is 9.27. The molecule has 0 amide bonds. The molecule has 0 saturated heterocycles. The lowest BCUT2D eigenvalue weighted by atomic mass is 10.2. The van der Waals surface area contributed by atoms with Gasteiger partial charge in [-0.25, -0.2) is 4.98 Å². The Balaban J connectivity index is 2.36. The molecule has 1 heterocycles. The van der Waals surface area contributed by atoms with E-state index in [1.165, 1.54) is 0 Å². The Bertz CT molecular complexity index is 541.